The molecular weight excluding hydrogens is 547 g/mol. The molecule has 38 heavy (non-hydrogen) atoms. The molecule has 1 amide bonds. The number of methoxy groups -OCH3 is 1. The van der Waals surface area contributed by atoms with Crippen molar-refractivity contribution < 1.29 is 65.6 Å². The minimum Gasteiger partial charge on any atom is -0.467 e. The Balaban J connectivity index is 2.67. The third-order valence-corrected chi connectivity index (χ3v) is 5.24. The fraction of sp³-hybridized carbons (Fsp3) is 0.500. The zero-order valence-electron chi connectivity index (χ0n) is 20.6. The number of ether oxygens (including phenoxy) is 6. The van der Waals surface area contributed by atoms with Crippen molar-refractivity contribution in [2.24, 2.45) is 0 Å². The molecular formula is C22H23ClF3NO11. The van der Waals surface area contributed by atoms with Crippen molar-refractivity contribution in [3.05, 3.63) is 23.8 Å². The number of alkyl halides is 3. The van der Waals surface area contributed by atoms with E-state index >= 15 is 0 Å². The molecule has 1 aliphatic rings. The van der Waals surface area contributed by atoms with Crippen molar-refractivity contribution in [1.29, 1.82) is 0 Å². The molecule has 0 N–H and O–H groups in total. The molecule has 0 saturated carbocycles. The van der Waals surface area contributed by atoms with Crippen LogP contribution in [-0.4, -0.2) is 74.1 Å². The first kappa shape index (κ1) is 30.6. The number of halogens is 4. The Kier molecular flexibility index (Phi) is 9.92. The van der Waals surface area contributed by atoms with Crippen LogP contribution in [0.15, 0.2) is 18.2 Å². The van der Waals surface area contributed by atoms with Crippen molar-refractivity contribution in [3.8, 4) is 5.75 Å². The average Bonchev–Trinajstić information content (AvgIpc) is 2.80. The number of nitrogens with zero attached hydrogens (tertiary/aromatic N) is 1. The smallest absolute Gasteiger partial charge is 0.416 e. The molecule has 1 heterocycles. The number of esters is 4. The molecule has 0 aliphatic carbocycles. The Bertz CT molecular complexity index is 1100. The Labute approximate surface area is 218 Å². The van der Waals surface area contributed by atoms with Crippen LogP contribution in [0.2, 0.25) is 0 Å². The standard InChI is InChI=1S/C22H23ClF3NO11/c1-9(28)34-15-16(35-10(2)29)18(36-11(3)30)20(38-17(15)19(31)33-5)37-14-7-6-12(22(24,25)26)8-13(14)27(4)21(23)32/h6-8,15-18,20H,1-5H3/t15-,16-,17-,18+,20+/m0/s1. The predicted molar refractivity (Wildman–Crippen MR) is 119 cm³/mol. The third-order valence-electron chi connectivity index (χ3n) is 4.99. The lowest BCUT2D eigenvalue weighted by atomic mass is 9.97. The first-order chi connectivity index (χ1) is 17.6. The summed E-state index contributed by atoms with van der Waals surface area (Å²) in [6, 6.07) is 2.01. The summed E-state index contributed by atoms with van der Waals surface area (Å²) in [6.45, 7) is 2.93. The molecule has 210 valence electrons. The first-order valence-corrected chi connectivity index (χ1v) is 11.0. The molecule has 0 aromatic heterocycles. The molecule has 16 heteroatoms. The molecule has 2 rings (SSSR count). The zero-order chi connectivity index (χ0) is 28.9. The normalized spacial score (nSPS) is 23.0. The van der Waals surface area contributed by atoms with Gasteiger partial charge in [0.15, 0.2) is 18.3 Å². The van der Waals surface area contributed by atoms with E-state index in [2.05, 4.69) is 4.74 Å². The summed E-state index contributed by atoms with van der Waals surface area (Å²) in [4.78, 5) is 60.4. The van der Waals surface area contributed by atoms with Crippen LogP contribution in [0.25, 0.3) is 0 Å². The van der Waals surface area contributed by atoms with Gasteiger partial charge in [0.1, 0.15) is 5.75 Å². The second kappa shape index (κ2) is 12.3. The van der Waals surface area contributed by atoms with Crippen molar-refractivity contribution in [3.63, 3.8) is 0 Å². The quantitative estimate of drug-likeness (QED) is 0.207. The van der Waals surface area contributed by atoms with Crippen LogP contribution < -0.4 is 9.64 Å². The minimum absolute atomic E-state index is 0.437. The third kappa shape index (κ3) is 7.47. The topological polar surface area (TPSA) is 144 Å². The maximum absolute atomic E-state index is 13.3. The summed E-state index contributed by atoms with van der Waals surface area (Å²) >= 11 is 5.46. The van der Waals surface area contributed by atoms with Crippen molar-refractivity contribution >= 4 is 46.5 Å². The second-order valence-corrected chi connectivity index (χ2v) is 8.10. The maximum Gasteiger partial charge on any atom is 0.416 e. The Hall–Kier alpha value is -3.59. The SMILES string of the molecule is COC(=O)[C@H]1O[C@@H](Oc2ccc(C(F)(F)F)cc2N(C)C(=O)Cl)[C@H](OC(C)=O)[C@@H](OC(C)=O)[C@@H]1OC(C)=O. The fourth-order valence-electron chi connectivity index (χ4n) is 3.45. The molecule has 5 atom stereocenters. The Morgan fingerprint density at radius 1 is 0.921 bits per heavy atom. The van der Waals surface area contributed by atoms with E-state index in [0.29, 0.717) is 17.0 Å². The molecule has 0 bridgehead atoms. The van der Waals surface area contributed by atoms with Crippen LogP contribution in [0.4, 0.5) is 23.7 Å². The van der Waals surface area contributed by atoms with Gasteiger partial charge in [-0.1, -0.05) is 0 Å². The molecule has 1 aromatic rings. The second-order valence-electron chi connectivity index (χ2n) is 7.78. The highest BCUT2D eigenvalue weighted by Gasteiger charge is 2.56. The van der Waals surface area contributed by atoms with E-state index in [1.54, 1.807) is 0 Å². The van der Waals surface area contributed by atoms with Gasteiger partial charge >= 0.3 is 35.4 Å². The van der Waals surface area contributed by atoms with E-state index in [-0.39, 0.29) is 0 Å². The number of amides is 1. The highest BCUT2D eigenvalue weighted by Crippen LogP contribution is 2.39. The van der Waals surface area contributed by atoms with Gasteiger partial charge < -0.3 is 28.4 Å². The summed E-state index contributed by atoms with van der Waals surface area (Å²) in [5.41, 5.74) is -1.64. The van der Waals surface area contributed by atoms with Crippen LogP contribution >= 0.6 is 11.6 Å². The van der Waals surface area contributed by atoms with Gasteiger partial charge in [-0.15, -0.1) is 0 Å². The molecule has 1 fully saturated rings. The van der Waals surface area contributed by atoms with Crippen LogP contribution in [-0.2, 0) is 49.0 Å². The number of hydrogen-bond donors (Lipinski definition) is 0. The summed E-state index contributed by atoms with van der Waals surface area (Å²) in [7, 11) is 2.03. The van der Waals surface area contributed by atoms with Crippen LogP contribution in [0.1, 0.15) is 26.3 Å². The number of carbonyl (C=O) groups excluding carboxylic acids is 5. The van der Waals surface area contributed by atoms with E-state index in [0.717, 1.165) is 41.0 Å². The summed E-state index contributed by atoms with van der Waals surface area (Å²) in [5.74, 6) is -4.39. The summed E-state index contributed by atoms with van der Waals surface area (Å²) < 4.78 is 71.4. The highest BCUT2D eigenvalue weighted by atomic mass is 35.5. The molecule has 0 radical (unpaired) electrons. The van der Waals surface area contributed by atoms with Crippen LogP contribution in [0.5, 0.6) is 5.75 Å². The molecule has 0 spiro atoms. The van der Waals surface area contributed by atoms with Gasteiger partial charge in [0.2, 0.25) is 12.4 Å². The Morgan fingerprint density at radius 3 is 1.92 bits per heavy atom. The van der Waals surface area contributed by atoms with Gasteiger partial charge in [-0.2, -0.15) is 13.2 Å². The monoisotopic (exact) mass is 569 g/mol. The number of rotatable bonds is 7. The average molecular weight is 570 g/mol. The van der Waals surface area contributed by atoms with Crippen LogP contribution in [0, 0.1) is 0 Å². The van der Waals surface area contributed by atoms with Crippen molar-refractivity contribution in [2.75, 3.05) is 19.1 Å². The van der Waals surface area contributed by atoms with E-state index in [4.69, 9.17) is 35.3 Å². The molecule has 1 aliphatic heterocycles. The molecule has 1 aromatic carbocycles. The summed E-state index contributed by atoms with van der Waals surface area (Å²) in [6.07, 6.45) is -13.6. The summed E-state index contributed by atoms with van der Waals surface area (Å²) in [5, 5.41) is -1.18. The lowest BCUT2D eigenvalue weighted by Crippen LogP contribution is -2.64. The highest BCUT2D eigenvalue weighted by molar-refractivity contribution is 6.66. The molecule has 0 unspecified atom stereocenters. The van der Waals surface area contributed by atoms with Crippen LogP contribution in [0.3, 0.4) is 0 Å². The number of carbonyl (C=O) groups is 5. The van der Waals surface area contributed by atoms with E-state index < -0.39 is 83.1 Å². The number of anilines is 1. The van der Waals surface area contributed by atoms with Crippen molar-refractivity contribution in [1.82, 2.24) is 0 Å². The molecule has 1 saturated heterocycles. The number of benzene rings is 1. The van der Waals surface area contributed by atoms with E-state index in [9.17, 15) is 37.1 Å². The largest absolute Gasteiger partial charge is 0.467 e. The minimum atomic E-state index is -4.81. The Morgan fingerprint density at radius 2 is 1.45 bits per heavy atom. The zero-order valence-corrected chi connectivity index (χ0v) is 21.3. The van der Waals surface area contributed by atoms with E-state index in [1.807, 2.05) is 0 Å². The van der Waals surface area contributed by atoms with Gasteiger partial charge in [-0.3, -0.25) is 24.1 Å². The van der Waals surface area contributed by atoms with E-state index in [1.165, 1.54) is 0 Å². The predicted octanol–water partition coefficient (Wildman–Crippen LogP) is 2.57. The lowest BCUT2D eigenvalue weighted by Gasteiger charge is -2.43. The fourth-order valence-corrected chi connectivity index (χ4v) is 3.54. The lowest BCUT2D eigenvalue weighted by molar-refractivity contribution is -0.282. The van der Waals surface area contributed by atoms with Gasteiger partial charge in [-0.25, -0.2) is 4.79 Å². The number of hydrogen-bond acceptors (Lipinski definition) is 11. The first-order valence-electron chi connectivity index (χ1n) is 10.6. The molecule has 12 nitrogen and oxygen atoms in total. The van der Waals surface area contributed by atoms with Crippen molar-refractivity contribution in [2.45, 2.75) is 57.7 Å². The van der Waals surface area contributed by atoms with Gasteiger partial charge in [0.25, 0.3) is 0 Å². The van der Waals surface area contributed by atoms with Gasteiger partial charge in [0.05, 0.1) is 18.4 Å². The maximum atomic E-state index is 13.3. The van der Waals surface area contributed by atoms with Gasteiger partial charge in [-0.05, 0) is 29.8 Å². The van der Waals surface area contributed by atoms with Gasteiger partial charge in [0, 0.05) is 27.8 Å².